The summed E-state index contributed by atoms with van der Waals surface area (Å²) in [4.78, 5) is 0. The zero-order chi connectivity index (χ0) is 12.3. The normalized spacial score (nSPS) is 12.6. The number of nitrogens with two attached hydrogens (primary N) is 1. The first kappa shape index (κ1) is 11.9. The van der Waals surface area contributed by atoms with Crippen LogP contribution in [0.25, 0.3) is 11.3 Å². The third-order valence-electron chi connectivity index (χ3n) is 3.24. The fraction of sp³-hybridized carbons (Fsp3) is 0.357. The van der Waals surface area contributed by atoms with Crippen molar-refractivity contribution in [1.29, 1.82) is 0 Å². The largest absolute Gasteiger partial charge is 0.325 e. The van der Waals surface area contributed by atoms with Crippen LogP contribution in [0.15, 0.2) is 30.3 Å². The third-order valence-corrected chi connectivity index (χ3v) is 3.24. The topological polar surface area (TPSA) is 54.7 Å². The molecule has 0 saturated carbocycles. The highest BCUT2D eigenvalue weighted by Gasteiger charge is 2.05. The summed E-state index contributed by atoms with van der Waals surface area (Å²) in [7, 11) is 0. The lowest BCUT2D eigenvalue weighted by Gasteiger charge is -2.08. The van der Waals surface area contributed by atoms with Crippen molar-refractivity contribution in [2.24, 2.45) is 5.73 Å². The highest BCUT2D eigenvalue weighted by Crippen LogP contribution is 2.23. The predicted molar refractivity (Wildman–Crippen MR) is 70.6 cm³/mol. The van der Waals surface area contributed by atoms with Crippen LogP contribution in [0.5, 0.6) is 0 Å². The molecular weight excluding hydrogens is 210 g/mol. The van der Waals surface area contributed by atoms with Crippen molar-refractivity contribution < 1.29 is 0 Å². The van der Waals surface area contributed by atoms with E-state index in [9.17, 15) is 0 Å². The van der Waals surface area contributed by atoms with Crippen LogP contribution in [0.1, 0.15) is 37.4 Å². The Morgan fingerprint density at radius 3 is 2.53 bits per heavy atom. The van der Waals surface area contributed by atoms with E-state index >= 15 is 0 Å². The number of benzene rings is 1. The van der Waals surface area contributed by atoms with Crippen LogP contribution in [0.2, 0.25) is 0 Å². The number of nitrogens with one attached hydrogen (secondary N) is 1. The number of nitrogens with zero attached hydrogens (tertiary/aromatic N) is 1. The Kier molecular flexibility index (Phi) is 3.59. The molecule has 0 aliphatic heterocycles. The molecule has 0 saturated heterocycles. The van der Waals surface area contributed by atoms with Crippen molar-refractivity contribution in [3.8, 4) is 11.3 Å². The van der Waals surface area contributed by atoms with Crippen LogP contribution in [-0.4, -0.2) is 10.2 Å². The van der Waals surface area contributed by atoms with Gasteiger partial charge in [0, 0.05) is 17.8 Å². The Morgan fingerprint density at radius 2 is 2.00 bits per heavy atom. The molecule has 0 aliphatic rings. The van der Waals surface area contributed by atoms with E-state index in [0.29, 0.717) is 12.5 Å². The lowest BCUT2D eigenvalue weighted by molar-refractivity contribution is 0.734. The van der Waals surface area contributed by atoms with E-state index in [1.807, 2.05) is 6.07 Å². The number of aromatic nitrogens is 2. The van der Waals surface area contributed by atoms with Crippen LogP contribution in [0.3, 0.4) is 0 Å². The van der Waals surface area contributed by atoms with Gasteiger partial charge in [-0.05, 0) is 24.0 Å². The van der Waals surface area contributed by atoms with Gasteiger partial charge < -0.3 is 5.73 Å². The molecule has 1 atom stereocenters. The van der Waals surface area contributed by atoms with Gasteiger partial charge in [0.2, 0.25) is 0 Å². The molecule has 17 heavy (non-hydrogen) atoms. The molecule has 0 aliphatic carbocycles. The second-order valence-electron chi connectivity index (χ2n) is 4.41. The van der Waals surface area contributed by atoms with E-state index in [1.54, 1.807) is 0 Å². The van der Waals surface area contributed by atoms with Crippen molar-refractivity contribution in [1.82, 2.24) is 10.2 Å². The molecule has 1 aromatic carbocycles. The number of H-pyrrole nitrogens is 1. The van der Waals surface area contributed by atoms with Crippen molar-refractivity contribution in [3.05, 3.63) is 41.6 Å². The standard InChI is InChI=1S/C14H19N3/c1-3-10(2)11-4-6-12(7-5-11)14-8-13(9-15)16-17-14/h4-8,10H,3,9,15H2,1-2H3,(H,16,17). The molecule has 0 amide bonds. The van der Waals surface area contributed by atoms with Crippen molar-refractivity contribution in [2.75, 3.05) is 0 Å². The molecule has 3 nitrogen and oxygen atoms in total. The summed E-state index contributed by atoms with van der Waals surface area (Å²) >= 11 is 0. The highest BCUT2D eigenvalue weighted by atomic mass is 15.1. The van der Waals surface area contributed by atoms with Gasteiger partial charge in [-0.3, -0.25) is 5.10 Å². The van der Waals surface area contributed by atoms with Crippen molar-refractivity contribution in [3.63, 3.8) is 0 Å². The maximum Gasteiger partial charge on any atom is 0.0924 e. The van der Waals surface area contributed by atoms with Crippen molar-refractivity contribution in [2.45, 2.75) is 32.7 Å². The van der Waals surface area contributed by atoms with Gasteiger partial charge >= 0.3 is 0 Å². The zero-order valence-corrected chi connectivity index (χ0v) is 10.4. The fourth-order valence-corrected chi connectivity index (χ4v) is 1.83. The molecule has 3 N–H and O–H groups in total. The maximum absolute atomic E-state index is 5.55. The van der Waals surface area contributed by atoms with Gasteiger partial charge in [0.15, 0.2) is 0 Å². The molecular formula is C14H19N3. The Balaban J connectivity index is 2.22. The summed E-state index contributed by atoms with van der Waals surface area (Å²) < 4.78 is 0. The Morgan fingerprint density at radius 1 is 1.29 bits per heavy atom. The first-order valence-corrected chi connectivity index (χ1v) is 6.09. The van der Waals surface area contributed by atoms with E-state index in [0.717, 1.165) is 17.0 Å². The van der Waals surface area contributed by atoms with E-state index in [-0.39, 0.29) is 0 Å². The molecule has 3 heteroatoms. The molecule has 1 heterocycles. The molecule has 0 fully saturated rings. The summed E-state index contributed by atoms with van der Waals surface area (Å²) in [6.45, 7) is 4.95. The quantitative estimate of drug-likeness (QED) is 0.846. The average molecular weight is 229 g/mol. The molecule has 0 spiro atoms. The molecule has 90 valence electrons. The molecule has 2 aromatic rings. The zero-order valence-electron chi connectivity index (χ0n) is 10.4. The Bertz CT molecular complexity index is 470. The number of aromatic amines is 1. The van der Waals surface area contributed by atoms with Gasteiger partial charge in [-0.2, -0.15) is 5.10 Å². The summed E-state index contributed by atoms with van der Waals surface area (Å²) in [5.74, 6) is 0.614. The SMILES string of the molecule is CCC(C)c1ccc(-c2cc(CN)[nH]n2)cc1. The third kappa shape index (κ3) is 2.56. The summed E-state index contributed by atoms with van der Waals surface area (Å²) in [6, 6.07) is 10.6. The minimum absolute atomic E-state index is 0.498. The van der Waals surface area contributed by atoms with E-state index < -0.39 is 0 Å². The van der Waals surface area contributed by atoms with E-state index in [2.05, 4.69) is 48.3 Å². The van der Waals surface area contributed by atoms with Crippen LogP contribution < -0.4 is 5.73 Å². The number of hydrogen-bond acceptors (Lipinski definition) is 2. The van der Waals surface area contributed by atoms with Crippen LogP contribution in [0.4, 0.5) is 0 Å². The molecule has 1 aromatic heterocycles. The van der Waals surface area contributed by atoms with Gasteiger partial charge in [-0.15, -0.1) is 0 Å². The Hall–Kier alpha value is -1.61. The van der Waals surface area contributed by atoms with Gasteiger partial charge in [0.25, 0.3) is 0 Å². The van der Waals surface area contributed by atoms with Crippen molar-refractivity contribution >= 4 is 0 Å². The summed E-state index contributed by atoms with van der Waals surface area (Å²) in [5.41, 5.74) is 9.99. The molecule has 2 rings (SSSR count). The fourth-order valence-electron chi connectivity index (χ4n) is 1.83. The van der Waals surface area contributed by atoms with Gasteiger partial charge in [0.05, 0.1) is 5.69 Å². The molecule has 1 unspecified atom stereocenters. The highest BCUT2D eigenvalue weighted by molar-refractivity contribution is 5.59. The van der Waals surface area contributed by atoms with Gasteiger partial charge in [0.1, 0.15) is 0 Å². The van der Waals surface area contributed by atoms with Gasteiger partial charge in [-0.1, -0.05) is 38.1 Å². The smallest absolute Gasteiger partial charge is 0.0924 e. The Labute approximate surface area is 102 Å². The van der Waals surface area contributed by atoms with Crippen LogP contribution >= 0.6 is 0 Å². The summed E-state index contributed by atoms with van der Waals surface area (Å²) in [5, 5.41) is 7.17. The number of rotatable bonds is 4. The van der Waals surface area contributed by atoms with E-state index in [1.165, 1.54) is 12.0 Å². The lowest BCUT2D eigenvalue weighted by atomic mass is 9.97. The molecule has 0 radical (unpaired) electrons. The average Bonchev–Trinajstić information content (AvgIpc) is 2.87. The second-order valence-corrected chi connectivity index (χ2v) is 4.41. The monoisotopic (exact) mass is 229 g/mol. The lowest BCUT2D eigenvalue weighted by Crippen LogP contribution is -1.95. The van der Waals surface area contributed by atoms with Crippen LogP contribution in [-0.2, 0) is 6.54 Å². The minimum Gasteiger partial charge on any atom is -0.325 e. The summed E-state index contributed by atoms with van der Waals surface area (Å²) in [6.07, 6.45) is 1.17. The first-order chi connectivity index (χ1) is 8.24. The first-order valence-electron chi connectivity index (χ1n) is 6.09. The predicted octanol–water partition coefficient (Wildman–Crippen LogP) is 3.05. The number of hydrogen-bond donors (Lipinski definition) is 2. The van der Waals surface area contributed by atoms with Gasteiger partial charge in [-0.25, -0.2) is 0 Å². The second kappa shape index (κ2) is 5.15. The minimum atomic E-state index is 0.498. The van der Waals surface area contributed by atoms with Crippen LogP contribution in [0, 0.1) is 0 Å². The maximum atomic E-state index is 5.55. The molecule has 0 bridgehead atoms. The van der Waals surface area contributed by atoms with E-state index in [4.69, 9.17) is 5.73 Å².